The summed E-state index contributed by atoms with van der Waals surface area (Å²) in [7, 11) is 0.183. The molecule has 0 radical (unpaired) electrons. The maximum absolute atomic E-state index is 12.1. The Morgan fingerprint density at radius 2 is 2.00 bits per heavy atom. The summed E-state index contributed by atoms with van der Waals surface area (Å²) in [5, 5.41) is 5.62. The SMILES string of the molecule is CCS(=O)(=O)Nc1ccc(NC(=O)NCCC2CCN(C)CC2)cc1OC. The van der Waals surface area contributed by atoms with Crippen LogP contribution in [0.2, 0.25) is 0 Å². The van der Waals surface area contributed by atoms with Gasteiger partial charge in [0.2, 0.25) is 10.0 Å². The van der Waals surface area contributed by atoms with Crippen molar-refractivity contribution >= 4 is 27.4 Å². The van der Waals surface area contributed by atoms with Crippen LogP contribution in [0.3, 0.4) is 0 Å². The third-order valence-corrected chi connectivity index (χ3v) is 6.07. The summed E-state index contributed by atoms with van der Waals surface area (Å²) in [5.41, 5.74) is 0.871. The number of urea groups is 1. The number of sulfonamides is 1. The maximum Gasteiger partial charge on any atom is 0.319 e. The number of hydrogen-bond acceptors (Lipinski definition) is 5. The summed E-state index contributed by atoms with van der Waals surface area (Å²) in [6.07, 6.45) is 3.32. The number of nitrogens with one attached hydrogen (secondary N) is 3. The van der Waals surface area contributed by atoms with Gasteiger partial charge in [0.1, 0.15) is 5.75 Å². The zero-order valence-electron chi connectivity index (χ0n) is 16.2. The topological polar surface area (TPSA) is 99.8 Å². The summed E-state index contributed by atoms with van der Waals surface area (Å²) >= 11 is 0. The summed E-state index contributed by atoms with van der Waals surface area (Å²) in [6, 6.07) is 4.50. The molecule has 1 aliphatic heterocycles. The maximum atomic E-state index is 12.1. The minimum absolute atomic E-state index is 0.0319. The summed E-state index contributed by atoms with van der Waals surface area (Å²) in [5.74, 6) is 0.971. The van der Waals surface area contributed by atoms with Crippen molar-refractivity contribution in [2.45, 2.75) is 26.2 Å². The van der Waals surface area contributed by atoms with Crippen molar-refractivity contribution in [3.63, 3.8) is 0 Å². The predicted molar refractivity (Wildman–Crippen MR) is 108 cm³/mol. The van der Waals surface area contributed by atoms with Crippen LogP contribution in [0.1, 0.15) is 26.2 Å². The molecule has 152 valence electrons. The highest BCUT2D eigenvalue weighted by molar-refractivity contribution is 7.92. The van der Waals surface area contributed by atoms with Gasteiger partial charge in [-0.15, -0.1) is 0 Å². The molecule has 0 aromatic heterocycles. The molecule has 2 amide bonds. The lowest BCUT2D eigenvalue weighted by molar-refractivity contribution is 0.211. The van der Waals surface area contributed by atoms with E-state index in [1.165, 1.54) is 20.0 Å². The standard InChI is InChI=1S/C18H30N4O4S/c1-4-27(24,25)21-16-6-5-15(13-17(16)26-3)20-18(23)19-10-7-14-8-11-22(2)12-9-14/h5-6,13-14,21H,4,7-12H2,1-3H3,(H2,19,20,23). The second-order valence-corrected chi connectivity index (χ2v) is 8.85. The average Bonchev–Trinajstić information content (AvgIpc) is 2.64. The molecule has 0 bridgehead atoms. The number of carbonyl (C=O) groups excluding carboxylic acids is 1. The number of methoxy groups -OCH3 is 1. The molecule has 0 unspecified atom stereocenters. The van der Waals surface area contributed by atoms with Gasteiger partial charge in [0.05, 0.1) is 18.6 Å². The van der Waals surface area contributed by atoms with Crippen LogP contribution in [0.5, 0.6) is 5.75 Å². The summed E-state index contributed by atoms with van der Waals surface area (Å²) in [4.78, 5) is 14.4. The van der Waals surface area contributed by atoms with E-state index in [1.54, 1.807) is 25.1 Å². The Bertz CT molecular complexity index is 731. The fraction of sp³-hybridized carbons (Fsp3) is 0.611. The van der Waals surface area contributed by atoms with Crippen LogP contribution >= 0.6 is 0 Å². The first-order valence-electron chi connectivity index (χ1n) is 9.25. The third kappa shape index (κ3) is 6.91. The van der Waals surface area contributed by atoms with Crippen molar-refractivity contribution in [1.29, 1.82) is 0 Å². The lowest BCUT2D eigenvalue weighted by Gasteiger charge is -2.28. The first kappa shape index (κ1) is 21.3. The first-order chi connectivity index (χ1) is 12.8. The van der Waals surface area contributed by atoms with E-state index in [0.717, 1.165) is 19.5 Å². The fourth-order valence-corrected chi connectivity index (χ4v) is 3.66. The number of rotatable bonds is 8. The van der Waals surface area contributed by atoms with Crippen molar-refractivity contribution in [2.75, 3.05) is 49.6 Å². The zero-order valence-corrected chi connectivity index (χ0v) is 17.1. The van der Waals surface area contributed by atoms with Crippen molar-refractivity contribution in [3.8, 4) is 5.75 Å². The Balaban J connectivity index is 1.84. The van der Waals surface area contributed by atoms with E-state index >= 15 is 0 Å². The predicted octanol–water partition coefficient (Wildman–Crippen LogP) is 2.31. The minimum Gasteiger partial charge on any atom is -0.494 e. The molecule has 1 fully saturated rings. The molecule has 0 aliphatic carbocycles. The average molecular weight is 399 g/mol. The van der Waals surface area contributed by atoms with Gasteiger partial charge in [-0.05, 0) is 64.4 Å². The van der Waals surface area contributed by atoms with Crippen LogP contribution in [0.25, 0.3) is 0 Å². The van der Waals surface area contributed by atoms with E-state index in [9.17, 15) is 13.2 Å². The smallest absolute Gasteiger partial charge is 0.319 e. The quantitative estimate of drug-likeness (QED) is 0.624. The number of hydrogen-bond donors (Lipinski definition) is 3. The van der Waals surface area contributed by atoms with Gasteiger partial charge in [0.15, 0.2) is 0 Å². The molecule has 8 nitrogen and oxygen atoms in total. The van der Waals surface area contributed by atoms with Crippen molar-refractivity contribution in [2.24, 2.45) is 5.92 Å². The van der Waals surface area contributed by atoms with Crippen LogP contribution in [-0.4, -0.2) is 58.9 Å². The lowest BCUT2D eigenvalue weighted by Crippen LogP contribution is -2.34. The fourth-order valence-electron chi connectivity index (χ4n) is 3.01. The van der Waals surface area contributed by atoms with E-state index < -0.39 is 10.0 Å². The zero-order chi connectivity index (χ0) is 19.9. The molecule has 1 heterocycles. The van der Waals surface area contributed by atoms with Gasteiger partial charge >= 0.3 is 6.03 Å². The molecule has 3 N–H and O–H groups in total. The molecule has 27 heavy (non-hydrogen) atoms. The van der Waals surface area contributed by atoms with Gasteiger partial charge in [0, 0.05) is 18.3 Å². The Morgan fingerprint density at radius 1 is 1.30 bits per heavy atom. The third-order valence-electron chi connectivity index (χ3n) is 4.78. The van der Waals surface area contributed by atoms with Crippen LogP contribution in [0, 0.1) is 5.92 Å². The van der Waals surface area contributed by atoms with Gasteiger partial charge in [-0.2, -0.15) is 0 Å². The van der Waals surface area contributed by atoms with Crippen LogP contribution in [-0.2, 0) is 10.0 Å². The molecular formula is C18H30N4O4S. The number of amides is 2. The molecule has 9 heteroatoms. The van der Waals surface area contributed by atoms with E-state index in [0.29, 0.717) is 29.6 Å². The number of piperidine rings is 1. The number of likely N-dealkylation sites (tertiary alicyclic amines) is 1. The van der Waals surface area contributed by atoms with Crippen molar-refractivity contribution < 1.29 is 17.9 Å². The summed E-state index contributed by atoms with van der Waals surface area (Å²) in [6.45, 7) is 4.42. The van der Waals surface area contributed by atoms with Gasteiger partial charge in [0.25, 0.3) is 0 Å². The van der Waals surface area contributed by atoms with E-state index in [2.05, 4.69) is 27.3 Å². The highest BCUT2D eigenvalue weighted by Crippen LogP contribution is 2.28. The minimum atomic E-state index is -3.40. The Labute approximate surface area is 161 Å². The van der Waals surface area contributed by atoms with Gasteiger partial charge in [-0.3, -0.25) is 4.72 Å². The van der Waals surface area contributed by atoms with Crippen molar-refractivity contribution in [1.82, 2.24) is 10.2 Å². The second kappa shape index (κ2) is 9.80. The monoisotopic (exact) mass is 398 g/mol. The van der Waals surface area contributed by atoms with Gasteiger partial charge in [-0.1, -0.05) is 0 Å². The van der Waals surface area contributed by atoms with E-state index in [4.69, 9.17) is 4.74 Å². The molecule has 1 aromatic carbocycles. The number of anilines is 2. The van der Waals surface area contributed by atoms with Crippen LogP contribution < -0.4 is 20.1 Å². The van der Waals surface area contributed by atoms with Gasteiger partial charge < -0.3 is 20.3 Å². The molecule has 1 saturated heterocycles. The summed E-state index contributed by atoms with van der Waals surface area (Å²) < 4.78 is 31.1. The molecule has 0 spiro atoms. The molecule has 0 atom stereocenters. The number of ether oxygens (including phenoxy) is 1. The van der Waals surface area contributed by atoms with E-state index in [1.807, 2.05) is 0 Å². The molecule has 1 aliphatic rings. The number of nitrogens with zero attached hydrogens (tertiary/aromatic N) is 1. The lowest BCUT2D eigenvalue weighted by atomic mass is 9.94. The van der Waals surface area contributed by atoms with Gasteiger partial charge in [-0.25, -0.2) is 13.2 Å². The Hall–Kier alpha value is -2.00. The number of benzene rings is 1. The van der Waals surface area contributed by atoms with Crippen molar-refractivity contribution in [3.05, 3.63) is 18.2 Å². The van der Waals surface area contributed by atoms with Crippen LogP contribution in [0.15, 0.2) is 18.2 Å². The normalized spacial score (nSPS) is 16.0. The molecule has 0 saturated carbocycles. The molecular weight excluding hydrogens is 368 g/mol. The Kier molecular flexibility index (Phi) is 7.73. The molecule has 2 rings (SSSR count). The molecule has 1 aromatic rings. The Morgan fingerprint density at radius 3 is 2.63 bits per heavy atom. The number of carbonyl (C=O) groups is 1. The first-order valence-corrected chi connectivity index (χ1v) is 10.9. The second-order valence-electron chi connectivity index (χ2n) is 6.84. The van der Waals surface area contributed by atoms with E-state index in [-0.39, 0.29) is 11.8 Å². The largest absolute Gasteiger partial charge is 0.494 e. The highest BCUT2D eigenvalue weighted by Gasteiger charge is 2.16. The van der Waals surface area contributed by atoms with Crippen LogP contribution in [0.4, 0.5) is 16.2 Å². The highest BCUT2D eigenvalue weighted by atomic mass is 32.2.